The third-order valence-corrected chi connectivity index (χ3v) is 3.87. The topological polar surface area (TPSA) is 98.1 Å². The maximum atomic E-state index is 12.6. The molecular formula is C20H20N2O6. The molecule has 2 aromatic rings. The summed E-state index contributed by atoms with van der Waals surface area (Å²) >= 11 is 0. The number of ether oxygens (including phenoxy) is 2. The molecule has 0 unspecified atom stereocenters. The van der Waals surface area contributed by atoms with E-state index >= 15 is 0 Å². The van der Waals surface area contributed by atoms with Crippen LogP contribution in [0.2, 0.25) is 0 Å². The van der Waals surface area contributed by atoms with Crippen LogP contribution in [0.15, 0.2) is 46.5 Å². The Morgan fingerprint density at radius 3 is 2.75 bits per heavy atom. The molecule has 0 aliphatic carbocycles. The minimum Gasteiger partial charge on any atom is -0.491 e. The molecule has 1 aliphatic heterocycles. The standard InChI is InChI=1S/C20H20N2O6/c1-12(2)27-14-6-4-5-13(9-14)10-16-18(23)22(20(25)21-16)11-15-7-8-17(28-15)19(24)26-3/h4-10,12H,11H2,1-3H3,(H,21,25)/b16-10-. The molecule has 1 fully saturated rings. The quantitative estimate of drug-likeness (QED) is 0.467. The molecular weight excluding hydrogens is 364 g/mol. The number of nitrogens with zero attached hydrogens (tertiary/aromatic N) is 1. The molecule has 1 aliphatic rings. The van der Waals surface area contributed by atoms with Crippen LogP contribution in [0.3, 0.4) is 0 Å². The molecule has 8 heteroatoms. The van der Waals surface area contributed by atoms with Gasteiger partial charge in [-0.3, -0.25) is 9.69 Å². The number of urea groups is 1. The SMILES string of the molecule is COC(=O)c1ccc(CN2C(=O)N/C(=C\c3cccc(OC(C)C)c3)C2=O)o1. The fourth-order valence-corrected chi connectivity index (χ4v) is 2.66. The summed E-state index contributed by atoms with van der Waals surface area (Å²) in [5.41, 5.74) is 0.862. The number of rotatable bonds is 6. The summed E-state index contributed by atoms with van der Waals surface area (Å²) in [6.07, 6.45) is 1.60. The van der Waals surface area contributed by atoms with Crippen LogP contribution < -0.4 is 10.1 Å². The summed E-state index contributed by atoms with van der Waals surface area (Å²) in [6, 6.07) is 9.58. The highest BCUT2D eigenvalue weighted by Crippen LogP contribution is 2.21. The lowest BCUT2D eigenvalue weighted by atomic mass is 10.2. The van der Waals surface area contributed by atoms with E-state index in [0.29, 0.717) is 5.75 Å². The molecule has 146 valence electrons. The lowest BCUT2D eigenvalue weighted by molar-refractivity contribution is -0.123. The van der Waals surface area contributed by atoms with Crippen molar-refractivity contribution in [3.63, 3.8) is 0 Å². The Morgan fingerprint density at radius 2 is 2.04 bits per heavy atom. The number of hydrogen-bond donors (Lipinski definition) is 1. The molecule has 3 rings (SSSR count). The highest BCUT2D eigenvalue weighted by Gasteiger charge is 2.34. The number of carbonyl (C=O) groups excluding carboxylic acids is 3. The number of imide groups is 1. The molecule has 1 saturated heterocycles. The van der Waals surface area contributed by atoms with Gasteiger partial charge in [-0.1, -0.05) is 12.1 Å². The van der Waals surface area contributed by atoms with Crippen LogP contribution >= 0.6 is 0 Å². The van der Waals surface area contributed by atoms with Gasteiger partial charge in [-0.05, 0) is 49.8 Å². The van der Waals surface area contributed by atoms with Crippen molar-refractivity contribution in [1.29, 1.82) is 0 Å². The number of benzene rings is 1. The average molecular weight is 384 g/mol. The van der Waals surface area contributed by atoms with Crippen LogP contribution in [0.5, 0.6) is 5.75 Å². The van der Waals surface area contributed by atoms with E-state index in [4.69, 9.17) is 9.15 Å². The predicted molar refractivity (Wildman–Crippen MR) is 99.3 cm³/mol. The van der Waals surface area contributed by atoms with Gasteiger partial charge >= 0.3 is 12.0 Å². The predicted octanol–water partition coefficient (Wildman–Crippen LogP) is 2.95. The smallest absolute Gasteiger partial charge is 0.373 e. The zero-order valence-corrected chi connectivity index (χ0v) is 15.7. The van der Waals surface area contributed by atoms with Gasteiger partial charge in [0.15, 0.2) is 0 Å². The molecule has 8 nitrogen and oxygen atoms in total. The lowest BCUT2D eigenvalue weighted by Crippen LogP contribution is -2.30. The Balaban J connectivity index is 1.75. The summed E-state index contributed by atoms with van der Waals surface area (Å²) in [7, 11) is 1.24. The second-order valence-corrected chi connectivity index (χ2v) is 6.38. The first-order valence-corrected chi connectivity index (χ1v) is 8.65. The van der Waals surface area contributed by atoms with Crippen LogP contribution in [-0.4, -0.2) is 36.0 Å². The lowest BCUT2D eigenvalue weighted by Gasteiger charge is -2.10. The number of esters is 1. The first-order chi connectivity index (χ1) is 13.4. The van der Waals surface area contributed by atoms with Gasteiger partial charge in [-0.2, -0.15) is 0 Å². The zero-order valence-electron chi connectivity index (χ0n) is 15.7. The summed E-state index contributed by atoms with van der Waals surface area (Å²) in [4.78, 5) is 37.2. The molecule has 0 radical (unpaired) electrons. The third kappa shape index (κ3) is 4.22. The monoisotopic (exact) mass is 384 g/mol. The van der Waals surface area contributed by atoms with E-state index in [1.54, 1.807) is 24.3 Å². The van der Waals surface area contributed by atoms with Gasteiger partial charge in [0, 0.05) is 0 Å². The van der Waals surface area contributed by atoms with Gasteiger partial charge in [0.25, 0.3) is 5.91 Å². The van der Waals surface area contributed by atoms with Gasteiger partial charge in [-0.15, -0.1) is 0 Å². The highest BCUT2D eigenvalue weighted by molar-refractivity contribution is 6.13. The molecule has 1 aromatic carbocycles. The Hall–Kier alpha value is -3.55. The van der Waals surface area contributed by atoms with Crippen molar-refractivity contribution in [1.82, 2.24) is 10.2 Å². The van der Waals surface area contributed by atoms with Crippen LogP contribution in [0.4, 0.5) is 4.79 Å². The van der Waals surface area contributed by atoms with Crippen molar-refractivity contribution in [2.24, 2.45) is 0 Å². The summed E-state index contributed by atoms with van der Waals surface area (Å²) < 4.78 is 15.5. The fraction of sp³-hybridized carbons (Fsp3) is 0.250. The van der Waals surface area contributed by atoms with Gasteiger partial charge in [0.05, 0.1) is 19.8 Å². The van der Waals surface area contributed by atoms with Gasteiger partial charge in [0.2, 0.25) is 5.76 Å². The first-order valence-electron chi connectivity index (χ1n) is 8.65. The van der Waals surface area contributed by atoms with Crippen molar-refractivity contribution < 1.29 is 28.3 Å². The molecule has 0 atom stereocenters. The molecule has 1 N–H and O–H groups in total. The average Bonchev–Trinajstić information content (AvgIpc) is 3.22. The Kier molecular flexibility index (Phi) is 5.49. The van der Waals surface area contributed by atoms with Crippen molar-refractivity contribution in [2.45, 2.75) is 26.5 Å². The first kappa shape index (κ1) is 19.2. The number of furan rings is 1. The highest BCUT2D eigenvalue weighted by atomic mass is 16.5. The normalized spacial score (nSPS) is 15.3. The van der Waals surface area contributed by atoms with Crippen LogP contribution in [0, 0.1) is 0 Å². The number of methoxy groups -OCH3 is 1. The van der Waals surface area contributed by atoms with E-state index in [9.17, 15) is 14.4 Å². The number of carbonyl (C=O) groups is 3. The summed E-state index contributed by atoms with van der Waals surface area (Å²) in [5, 5.41) is 2.55. The largest absolute Gasteiger partial charge is 0.491 e. The van der Waals surface area contributed by atoms with Crippen molar-refractivity contribution in [3.05, 3.63) is 59.2 Å². The Morgan fingerprint density at radius 1 is 1.25 bits per heavy atom. The van der Waals surface area contributed by atoms with Crippen LogP contribution in [0.1, 0.15) is 35.7 Å². The van der Waals surface area contributed by atoms with Crippen molar-refractivity contribution >= 4 is 24.0 Å². The Labute approximate surface area is 161 Å². The minimum absolute atomic E-state index is 0.00212. The van der Waals surface area contributed by atoms with E-state index in [1.165, 1.54) is 19.2 Å². The van der Waals surface area contributed by atoms with Gasteiger partial charge in [-0.25, -0.2) is 9.59 Å². The maximum absolute atomic E-state index is 12.6. The summed E-state index contributed by atoms with van der Waals surface area (Å²) in [6.45, 7) is 3.74. The van der Waals surface area contributed by atoms with E-state index in [2.05, 4.69) is 10.1 Å². The van der Waals surface area contributed by atoms with Gasteiger partial charge < -0.3 is 19.2 Å². The van der Waals surface area contributed by atoms with Crippen LogP contribution in [0.25, 0.3) is 6.08 Å². The second-order valence-electron chi connectivity index (χ2n) is 6.38. The van der Waals surface area contributed by atoms with E-state index in [1.807, 2.05) is 19.9 Å². The van der Waals surface area contributed by atoms with Crippen molar-refractivity contribution in [3.8, 4) is 5.75 Å². The van der Waals surface area contributed by atoms with E-state index in [0.717, 1.165) is 10.5 Å². The third-order valence-electron chi connectivity index (χ3n) is 3.87. The minimum atomic E-state index is -0.632. The van der Waals surface area contributed by atoms with Gasteiger partial charge in [0.1, 0.15) is 17.2 Å². The number of hydrogen-bond acceptors (Lipinski definition) is 6. The molecule has 0 bridgehead atoms. The van der Waals surface area contributed by atoms with E-state index < -0.39 is 17.9 Å². The molecule has 28 heavy (non-hydrogen) atoms. The Bertz CT molecular complexity index is 944. The molecule has 1 aromatic heterocycles. The zero-order chi connectivity index (χ0) is 20.3. The molecule has 2 heterocycles. The van der Waals surface area contributed by atoms with Crippen molar-refractivity contribution in [2.75, 3.05) is 7.11 Å². The molecule has 0 spiro atoms. The molecule has 0 saturated carbocycles. The fourth-order valence-electron chi connectivity index (χ4n) is 2.66. The number of amides is 3. The second kappa shape index (κ2) is 7.99. The maximum Gasteiger partial charge on any atom is 0.373 e. The molecule has 3 amide bonds. The van der Waals surface area contributed by atoms with Crippen LogP contribution in [-0.2, 0) is 16.1 Å². The van der Waals surface area contributed by atoms with E-state index in [-0.39, 0.29) is 29.9 Å². The summed E-state index contributed by atoms with van der Waals surface area (Å²) in [5.74, 6) is -0.160. The number of nitrogens with one attached hydrogen (secondary N) is 1.